The number of hydrogen-bond acceptors (Lipinski definition) is 3. The number of likely N-dealkylation sites (N-methyl/N-ethyl adjacent to an activating group) is 1. The third-order valence-electron chi connectivity index (χ3n) is 5.26. The highest BCUT2D eigenvalue weighted by molar-refractivity contribution is 5.84. The predicted octanol–water partition coefficient (Wildman–Crippen LogP) is 1.24. The minimum Gasteiger partial charge on any atom is -0.345 e. The Labute approximate surface area is 134 Å². The van der Waals surface area contributed by atoms with E-state index in [1.165, 1.54) is 0 Å². The fourth-order valence-electron chi connectivity index (χ4n) is 3.33. The number of alkyl halides is 3. The zero-order valence-electron chi connectivity index (χ0n) is 13.7. The maximum Gasteiger partial charge on any atom is 0.471 e. The van der Waals surface area contributed by atoms with Gasteiger partial charge in [-0.15, -0.1) is 0 Å². The van der Waals surface area contributed by atoms with Crippen LogP contribution in [0.4, 0.5) is 13.2 Å². The number of amides is 2. The van der Waals surface area contributed by atoms with Gasteiger partial charge < -0.3 is 15.1 Å². The number of carbonyl (C=O) groups is 2. The van der Waals surface area contributed by atoms with E-state index in [1.54, 1.807) is 18.7 Å². The molecule has 1 saturated heterocycles. The molecule has 0 unspecified atom stereocenters. The van der Waals surface area contributed by atoms with Gasteiger partial charge >= 0.3 is 12.1 Å². The van der Waals surface area contributed by atoms with Crippen molar-refractivity contribution in [2.45, 2.75) is 39.4 Å². The molecular weight excluding hydrogens is 311 g/mol. The molecule has 1 aliphatic carbocycles. The van der Waals surface area contributed by atoms with Crippen LogP contribution in [-0.4, -0.2) is 66.6 Å². The Morgan fingerprint density at radius 2 is 1.74 bits per heavy atom. The summed E-state index contributed by atoms with van der Waals surface area (Å²) < 4.78 is 37.0. The van der Waals surface area contributed by atoms with Gasteiger partial charge in [0.15, 0.2) is 0 Å². The highest BCUT2D eigenvalue weighted by atomic mass is 19.4. The van der Waals surface area contributed by atoms with Crippen molar-refractivity contribution in [2.24, 2.45) is 11.3 Å². The molecule has 0 aromatic rings. The van der Waals surface area contributed by atoms with Gasteiger partial charge in [-0.1, -0.05) is 20.8 Å². The number of nitrogens with one attached hydrogen (secondary N) is 1. The summed E-state index contributed by atoms with van der Waals surface area (Å²) in [4.78, 5) is 27.7. The fourth-order valence-corrected chi connectivity index (χ4v) is 3.33. The van der Waals surface area contributed by atoms with Gasteiger partial charge in [0.2, 0.25) is 5.91 Å². The lowest BCUT2D eigenvalue weighted by molar-refractivity contribution is -0.178. The van der Waals surface area contributed by atoms with Crippen molar-refractivity contribution in [2.75, 3.05) is 32.7 Å². The number of carbonyl (C=O) groups excluding carboxylic acids is 2. The Morgan fingerprint density at radius 3 is 2.17 bits per heavy atom. The summed E-state index contributed by atoms with van der Waals surface area (Å²) in [5, 5.41) is 2.01. The highest BCUT2D eigenvalue weighted by Crippen LogP contribution is 2.47. The molecule has 2 atom stereocenters. The van der Waals surface area contributed by atoms with Crippen LogP contribution in [0.5, 0.6) is 0 Å². The summed E-state index contributed by atoms with van der Waals surface area (Å²) in [5.41, 5.74) is -0.667. The first-order valence-electron chi connectivity index (χ1n) is 7.96. The maximum absolute atomic E-state index is 12.6. The van der Waals surface area contributed by atoms with E-state index in [4.69, 9.17) is 0 Å². The molecule has 0 radical (unpaired) electrons. The number of piperazine rings is 1. The monoisotopic (exact) mass is 335 g/mol. The van der Waals surface area contributed by atoms with Gasteiger partial charge in [0.05, 0.1) is 0 Å². The van der Waals surface area contributed by atoms with E-state index < -0.39 is 23.5 Å². The van der Waals surface area contributed by atoms with Gasteiger partial charge in [-0.05, 0) is 18.4 Å². The van der Waals surface area contributed by atoms with Crippen molar-refractivity contribution >= 4 is 11.8 Å². The summed E-state index contributed by atoms with van der Waals surface area (Å²) in [7, 11) is 0. The van der Waals surface area contributed by atoms with E-state index in [1.807, 2.05) is 5.32 Å². The Bertz CT molecular complexity index is 471. The van der Waals surface area contributed by atoms with Gasteiger partial charge in [-0.2, -0.15) is 13.2 Å². The Morgan fingerprint density at radius 1 is 1.17 bits per heavy atom. The van der Waals surface area contributed by atoms with Gasteiger partial charge in [-0.3, -0.25) is 9.59 Å². The quantitative estimate of drug-likeness (QED) is 0.844. The average Bonchev–Trinajstić information content (AvgIpc) is 2.49. The van der Waals surface area contributed by atoms with Crippen LogP contribution < -0.4 is 5.32 Å². The maximum atomic E-state index is 12.6. The van der Waals surface area contributed by atoms with Crippen LogP contribution in [0.3, 0.4) is 0 Å². The van der Waals surface area contributed by atoms with E-state index in [-0.39, 0.29) is 18.2 Å². The zero-order chi connectivity index (χ0) is 17.4. The molecule has 1 N–H and O–H groups in total. The number of nitrogens with zero attached hydrogens (tertiary/aromatic N) is 2. The Balaban J connectivity index is 1.91. The molecule has 0 spiro atoms. The lowest BCUT2D eigenvalue weighted by atomic mass is 9.58. The van der Waals surface area contributed by atoms with Gasteiger partial charge in [0.1, 0.15) is 0 Å². The molecule has 0 bridgehead atoms. The van der Waals surface area contributed by atoms with Crippen molar-refractivity contribution < 1.29 is 22.8 Å². The highest BCUT2D eigenvalue weighted by Gasteiger charge is 2.55. The molecule has 1 aliphatic heterocycles. The first kappa shape index (κ1) is 18.0. The van der Waals surface area contributed by atoms with E-state index in [9.17, 15) is 22.8 Å². The van der Waals surface area contributed by atoms with Crippen molar-refractivity contribution in [3.8, 4) is 0 Å². The predicted molar refractivity (Wildman–Crippen MR) is 78.6 cm³/mol. The lowest BCUT2D eigenvalue weighted by Crippen LogP contribution is -2.64. The number of halogens is 3. The standard InChI is InChI=1S/C15H24F3N3O2/c1-4-20-5-7-21(8-6-20)12(22)10-9-11(14(10,2)3)19-13(23)15(16,17)18/h10-11H,4-9H2,1-3H3,(H,19,23)/t10-,11-/m1/s1. The first-order chi connectivity index (χ1) is 10.6. The van der Waals surface area contributed by atoms with Crippen LogP contribution in [0.2, 0.25) is 0 Å². The molecule has 1 saturated carbocycles. The molecule has 5 nitrogen and oxygen atoms in total. The number of hydrogen-bond donors (Lipinski definition) is 1. The average molecular weight is 335 g/mol. The second-order valence-corrected chi connectivity index (χ2v) is 6.89. The van der Waals surface area contributed by atoms with Crippen LogP contribution in [0, 0.1) is 11.3 Å². The summed E-state index contributed by atoms with van der Waals surface area (Å²) in [5.74, 6) is -2.28. The third kappa shape index (κ3) is 3.62. The molecule has 2 amide bonds. The van der Waals surface area contributed by atoms with E-state index in [2.05, 4.69) is 11.8 Å². The van der Waals surface area contributed by atoms with Crippen molar-refractivity contribution in [1.82, 2.24) is 15.1 Å². The van der Waals surface area contributed by atoms with Crippen LogP contribution in [0.1, 0.15) is 27.2 Å². The SMILES string of the molecule is CCN1CCN(C(=O)[C@H]2C[C@@H](NC(=O)C(F)(F)F)C2(C)C)CC1. The second-order valence-electron chi connectivity index (χ2n) is 6.89. The fraction of sp³-hybridized carbons (Fsp3) is 0.867. The minimum atomic E-state index is -4.89. The molecule has 0 aromatic carbocycles. The van der Waals surface area contributed by atoms with Crippen LogP contribution in [0.25, 0.3) is 0 Å². The minimum absolute atomic E-state index is 0.0109. The molecule has 2 aliphatic rings. The largest absolute Gasteiger partial charge is 0.471 e. The molecule has 23 heavy (non-hydrogen) atoms. The van der Waals surface area contributed by atoms with Gasteiger partial charge in [-0.25, -0.2) is 0 Å². The van der Waals surface area contributed by atoms with Crippen molar-refractivity contribution in [1.29, 1.82) is 0 Å². The van der Waals surface area contributed by atoms with Gasteiger partial charge in [0, 0.05) is 38.1 Å². The van der Waals surface area contributed by atoms with Gasteiger partial charge in [0.25, 0.3) is 0 Å². The summed E-state index contributed by atoms with van der Waals surface area (Å²) in [6.07, 6.45) is -4.62. The number of rotatable bonds is 3. The molecule has 8 heteroatoms. The molecule has 132 valence electrons. The zero-order valence-corrected chi connectivity index (χ0v) is 13.7. The van der Waals surface area contributed by atoms with Crippen molar-refractivity contribution in [3.05, 3.63) is 0 Å². The summed E-state index contributed by atoms with van der Waals surface area (Å²) in [6, 6.07) is -0.623. The van der Waals surface area contributed by atoms with Crippen LogP contribution in [0.15, 0.2) is 0 Å². The lowest BCUT2D eigenvalue weighted by Gasteiger charge is -2.53. The molecule has 2 rings (SSSR count). The molecule has 1 heterocycles. The summed E-state index contributed by atoms with van der Waals surface area (Å²) in [6.45, 7) is 9.44. The molecule has 0 aromatic heterocycles. The first-order valence-corrected chi connectivity index (χ1v) is 7.96. The van der Waals surface area contributed by atoms with E-state index in [0.29, 0.717) is 13.1 Å². The van der Waals surface area contributed by atoms with Crippen molar-refractivity contribution in [3.63, 3.8) is 0 Å². The molecule has 2 fully saturated rings. The van der Waals surface area contributed by atoms with Crippen LogP contribution >= 0.6 is 0 Å². The smallest absolute Gasteiger partial charge is 0.345 e. The topological polar surface area (TPSA) is 52.6 Å². The Hall–Kier alpha value is -1.31. The third-order valence-corrected chi connectivity index (χ3v) is 5.26. The Kier molecular flexibility index (Phi) is 4.94. The van der Waals surface area contributed by atoms with E-state index in [0.717, 1.165) is 19.6 Å². The summed E-state index contributed by atoms with van der Waals surface area (Å²) >= 11 is 0. The molecular formula is C15H24F3N3O2. The normalized spacial score (nSPS) is 28.2. The van der Waals surface area contributed by atoms with Crippen LogP contribution in [-0.2, 0) is 9.59 Å². The van der Waals surface area contributed by atoms with E-state index >= 15 is 0 Å². The second kappa shape index (κ2) is 6.30.